The fraction of sp³-hybridized carbons (Fsp3) is 0.312. The second-order valence-electron chi connectivity index (χ2n) is 5.48. The molecule has 0 atom stereocenters. The van der Waals surface area contributed by atoms with Crippen LogP contribution in [0.3, 0.4) is 0 Å². The Bertz CT molecular complexity index is 699. The van der Waals surface area contributed by atoms with Gasteiger partial charge >= 0.3 is 0 Å². The molecule has 1 saturated heterocycles. The summed E-state index contributed by atoms with van der Waals surface area (Å²) in [5, 5.41) is 8.15. The summed E-state index contributed by atoms with van der Waals surface area (Å²) < 4.78 is 5.67. The maximum absolute atomic E-state index is 11.5. The zero-order valence-electron chi connectivity index (χ0n) is 12.9. The summed E-state index contributed by atoms with van der Waals surface area (Å²) >= 11 is 0. The van der Waals surface area contributed by atoms with Gasteiger partial charge in [0.1, 0.15) is 0 Å². The van der Waals surface area contributed by atoms with E-state index < -0.39 is 0 Å². The van der Waals surface area contributed by atoms with E-state index in [9.17, 15) is 4.79 Å². The van der Waals surface area contributed by atoms with E-state index in [1.165, 1.54) is 5.57 Å². The molecule has 2 aromatic rings. The largest absolute Gasteiger partial charge is 0.421 e. The van der Waals surface area contributed by atoms with Gasteiger partial charge in [0, 0.05) is 25.6 Å². The molecule has 6 heteroatoms. The lowest BCUT2D eigenvalue weighted by Gasteiger charge is -2.29. The minimum atomic E-state index is 0.133. The van der Waals surface area contributed by atoms with Crippen LogP contribution in [0.15, 0.2) is 40.3 Å². The molecule has 1 aromatic carbocycles. The molecule has 1 aromatic heterocycles. The third kappa shape index (κ3) is 2.96. The van der Waals surface area contributed by atoms with E-state index in [2.05, 4.69) is 22.3 Å². The highest BCUT2D eigenvalue weighted by molar-refractivity contribution is 6.56. The summed E-state index contributed by atoms with van der Waals surface area (Å²) in [7, 11) is 1.62. The summed E-state index contributed by atoms with van der Waals surface area (Å²) in [5.41, 5.74) is 3.37. The van der Waals surface area contributed by atoms with Crippen molar-refractivity contribution < 1.29 is 9.21 Å². The molecule has 22 heavy (non-hydrogen) atoms. The van der Waals surface area contributed by atoms with Gasteiger partial charge in [0.05, 0.1) is 0 Å². The van der Waals surface area contributed by atoms with Crippen molar-refractivity contribution in [3.63, 3.8) is 0 Å². The number of aryl methyl sites for hydroxylation is 1. The van der Waals surface area contributed by atoms with Gasteiger partial charge in [-0.3, -0.25) is 4.79 Å². The van der Waals surface area contributed by atoms with Gasteiger partial charge in [0.15, 0.2) is 5.81 Å². The normalized spacial score (nSPS) is 15.0. The molecule has 0 unspecified atom stereocenters. The fourth-order valence-electron chi connectivity index (χ4n) is 2.82. The number of amides is 1. The average Bonchev–Trinajstić information content (AvgIpc) is 2.95. The number of piperidine rings is 1. The molecule has 5 nitrogen and oxygen atoms in total. The van der Waals surface area contributed by atoms with Crippen LogP contribution in [-0.4, -0.2) is 41.8 Å². The van der Waals surface area contributed by atoms with E-state index in [1.54, 1.807) is 14.8 Å². The van der Waals surface area contributed by atoms with Crippen LogP contribution in [0.5, 0.6) is 0 Å². The predicted molar refractivity (Wildman–Crippen MR) is 86.2 cm³/mol. The van der Waals surface area contributed by atoms with Gasteiger partial charge in [-0.15, -0.1) is 10.2 Å². The minimum Gasteiger partial charge on any atom is -0.421 e. The molecule has 2 heterocycles. The summed E-state index contributed by atoms with van der Waals surface area (Å²) in [6, 6.07) is 10.1. The first-order chi connectivity index (χ1) is 10.6. The molecule has 1 amide bonds. The number of aromatic nitrogens is 2. The molecule has 0 aliphatic carbocycles. The lowest BCUT2D eigenvalue weighted by Crippen LogP contribution is -2.35. The van der Waals surface area contributed by atoms with Gasteiger partial charge in [-0.05, 0) is 18.4 Å². The summed E-state index contributed by atoms with van der Waals surface area (Å²) in [6.45, 7) is 3.28. The zero-order chi connectivity index (χ0) is 15.5. The third-order valence-corrected chi connectivity index (χ3v) is 3.97. The van der Waals surface area contributed by atoms with Crippen molar-refractivity contribution in [2.45, 2.75) is 19.8 Å². The highest BCUT2D eigenvalue weighted by Gasteiger charge is 2.22. The highest BCUT2D eigenvalue weighted by atomic mass is 16.4. The van der Waals surface area contributed by atoms with Crippen molar-refractivity contribution >= 4 is 19.2 Å². The number of nitrogens with zero attached hydrogens (tertiary/aromatic N) is 3. The van der Waals surface area contributed by atoms with Crippen LogP contribution in [0.1, 0.15) is 30.2 Å². The number of benzene rings is 1. The summed E-state index contributed by atoms with van der Waals surface area (Å²) in [4.78, 5) is 13.4. The fourth-order valence-corrected chi connectivity index (χ4v) is 2.82. The molecule has 0 N–H and O–H groups in total. The van der Waals surface area contributed by atoms with Crippen molar-refractivity contribution in [2.75, 3.05) is 13.1 Å². The SMILES string of the molecule is BC(=O)N1CCC(=C(c2ccccc2)c2nnc(C)o2)CC1. The number of carbonyl (C=O) groups excluding carboxylic acids is 1. The second kappa shape index (κ2) is 6.18. The van der Waals surface area contributed by atoms with Crippen molar-refractivity contribution in [3.05, 3.63) is 53.2 Å². The standard InChI is InChI=1S/C16H18BN3O2/c1-11-18-19-15(22-11)14(12-5-3-2-4-6-12)13-7-9-20(10-8-13)16(17)21/h2-6H,7-10,17H2,1H3. The number of rotatable bonds is 2. The quantitative estimate of drug-likeness (QED) is 0.795. The molecule has 112 valence electrons. The summed E-state index contributed by atoms with van der Waals surface area (Å²) in [6.07, 6.45) is 1.68. The topological polar surface area (TPSA) is 59.2 Å². The van der Waals surface area contributed by atoms with Gasteiger partial charge in [0.25, 0.3) is 0 Å². The van der Waals surface area contributed by atoms with E-state index in [1.807, 2.05) is 23.1 Å². The number of likely N-dealkylation sites (tertiary alicyclic amines) is 1. The average molecular weight is 295 g/mol. The molecule has 1 aliphatic heterocycles. The predicted octanol–water partition coefficient (Wildman–Crippen LogP) is 2.03. The van der Waals surface area contributed by atoms with Crippen LogP contribution in [0.2, 0.25) is 0 Å². The third-order valence-electron chi connectivity index (χ3n) is 3.97. The molecule has 3 rings (SSSR count). The van der Waals surface area contributed by atoms with Gasteiger partial charge in [0.2, 0.25) is 19.6 Å². The van der Waals surface area contributed by atoms with Crippen molar-refractivity contribution in [3.8, 4) is 0 Å². The Hall–Kier alpha value is -2.37. The van der Waals surface area contributed by atoms with Crippen LogP contribution in [0.25, 0.3) is 5.57 Å². The molecule has 0 bridgehead atoms. The Kier molecular flexibility index (Phi) is 4.09. The smallest absolute Gasteiger partial charge is 0.248 e. The van der Waals surface area contributed by atoms with Gasteiger partial charge in [-0.1, -0.05) is 35.9 Å². The van der Waals surface area contributed by atoms with Crippen LogP contribution >= 0.6 is 0 Å². The Balaban J connectivity index is 1.99. The number of hydrogen-bond acceptors (Lipinski definition) is 4. The Morgan fingerprint density at radius 3 is 2.41 bits per heavy atom. The van der Waals surface area contributed by atoms with Crippen LogP contribution < -0.4 is 0 Å². The van der Waals surface area contributed by atoms with Crippen LogP contribution in [0.4, 0.5) is 4.79 Å². The van der Waals surface area contributed by atoms with Crippen molar-refractivity contribution in [1.82, 2.24) is 15.1 Å². The van der Waals surface area contributed by atoms with Crippen LogP contribution in [-0.2, 0) is 0 Å². The second-order valence-corrected chi connectivity index (χ2v) is 5.48. The molecule has 0 spiro atoms. The first-order valence-electron chi connectivity index (χ1n) is 7.48. The molecular formula is C16H18BN3O2. The maximum atomic E-state index is 11.5. The van der Waals surface area contributed by atoms with Crippen molar-refractivity contribution in [2.24, 2.45) is 0 Å². The van der Waals surface area contributed by atoms with E-state index in [-0.39, 0.29) is 5.81 Å². The van der Waals surface area contributed by atoms with Crippen LogP contribution in [0, 0.1) is 6.92 Å². The Labute approximate surface area is 130 Å². The number of hydrogen-bond donors (Lipinski definition) is 0. The van der Waals surface area contributed by atoms with E-state index in [0.717, 1.165) is 37.1 Å². The Morgan fingerprint density at radius 2 is 1.86 bits per heavy atom. The molecular weight excluding hydrogens is 277 g/mol. The molecule has 1 aliphatic rings. The lowest BCUT2D eigenvalue weighted by atomic mass is 9.92. The van der Waals surface area contributed by atoms with E-state index >= 15 is 0 Å². The summed E-state index contributed by atoms with van der Waals surface area (Å²) in [5.74, 6) is 1.26. The maximum Gasteiger partial charge on any atom is 0.248 e. The molecule has 0 radical (unpaired) electrons. The van der Waals surface area contributed by atoms with Gasteiger partial charge < -0.3 is 9.32 Å². The number of carbonyl (C=O) groups is 1. The first-order valence-corrected chi connectivity index (χ1v) is 7.48. The van der Waals surface area contributed by atoms with E-state index in [4.69, 9.17) is 4.42 Å². The molecule has 0 saturated carbocycles. The van der Waals surface area contributed by atoms with Crippen molar-refractivity contribution in [1.29, 1.82) is 0 Å². The van der Waals surface area contributed by atoms with E-state index in [0.29, 0.717) is 11.8 Å². The lowest BCUT2D eigenvalue weighted by molar-refractivity contribution is 0.217. The minimum absolute atomic E-state index is 0.133. The Morgan fingerprint density at radius 1 is 1.18 bits per heavy atom. The highest BCUT2D eigenvalue weighted by Crippen LogP contribution is 2.31. The van der Waals surface area contributed by atoms with Gasteiger partial charge in [-0.25, -0.2) is 0 Å². The molecule has 1 fully saturated rings. The monoisotopic (exact) mass is 295 g/mol. The first kappa shape index (κ1) is 14.6. The zero-order valence-corrected chi connectivity index (χ0v) is 12.9. The van der Waals surface area contributed by atoms with Gasteiger partial charge in [-0.2, -0.15) is 0 Å².